The van der Waals surface area contributed by atoms with Crippen molar-refractivity contribution in [1.82, 2.24) is 25.5 Å². The van der Waals surface area contributed by atoms with Crippen molar-refractivity contribution >= 4 is 17.3 Å². The Bertz CT molecular complexity index is 1400. The standard InChI is InChI=1S/C31H33N5O2/c1-19-3-2-4-26(33-19)28-29(36-25-10-9-23(17-25)30(36)35-28)22-11-14-32-27(18-22)20-5-7-21(8-6-20)31(37)34-24-12-15-38-16-13-24/h2-8,11,14,18,23-25,30,35H,9-10,12-13,15-17H2,1H3,(H,34,37)/t23-,25?,30?/m1/s1. The van der Waals surface area contributed by atoms with Crippen LogP contribution in [0.2, 0.25) is 0 Å². The first kappa shape index (κ1) is 23.4. The first-order chi connectivity index (χ1) is 18.6. The highest BCUT2D eigenvalue weighted by Gasteiger charge is 2.51. The Morgan fingerprint density at radius 2 is 1.84 bits per heavy atom. The summed E-state index contributed by atoms with van der Waals surface area (Å²) < 4.78 is 5.40. The highest BCUT2D eigenvalue weighted by atomic mass is 16.5. The lowest BCUT2D eigenvalue weighted by Crippen LogP contribution is -2.41. The summed E-state index contributed by atoms with van der Waals surface area (Å²) in [4.78, 5) is 24.9. The van der Waals surface area contributed by atoms with Gasteiger partial charge in [0.1, 0.15) is 6.17 Å². The highest BCUT2D eigenvalue weighted by molar-refractivity contribution is 5.95. The van der Waals surface area contributed by atoms with E-state index in [1.54, 1.807) is 0 Å². The van der Waals surface area contributed by atoms with Gasteiger partial charge in [-0.1, -0.05) is 18.2 Å². The molecular formula is C31H33N5O2. The molecule has 0 radical (unpaired) electrons. The summed E-state index contributed by atoms with van der Waals surface area (Å²) >= 11 is 0. The molecule has 194 valence electrons. The Morgan fingerprint density at radius 1 is 1.00 bits per heavy atom. The fourth-order valence-electron chi connectivity index (χ4n) is 6.65. The van der Waals surface area contributed by atoms with Crippen molar-refractivity contribution in [3.8, 4) is 11.3 Å². The van der Waals surface area contributed by atoms with Gasteiger partial charge in [-0.15, -0.1) is 0 Å². The van der Waals surface area contributed by atoms with E-state index < -0.39 is 0 Å². The Labute approximate surface area is 223 Å². The van der Waals surface area contributed by atoms with Crippen LogP contribution in [-0.2, 0) is 4.74 Å². The molecule has 2 unspecified atom stereocenters. The number of hydrogen-bond acceptors (Lipinski definition) is 6. The van der Waals surface area contributed by atoms with E-state index in [4.69, 9.17) is 14.7 Å². The number of nitrogens with one attached hydrogen (secondary N) is 2. The molecule has 2 saturated heterocycles. The van der Waals surface area contributed by atoms with Crippen molar-refractivity contribution in [3.05, 3.63) is 83.3 Å². The Morgan fingerprint density at radius 3 is 2.66 bits per heavy atom. The van der Waals surface area contributed by atoms with Crippen LogP contribution in [0.1, 0.15) is 59.4 Å². The van der Waals surface area contributed by atoms with Gasteiger partial charge in [0, 0.05) is 53.9 Å². The average molecular weight is 508 g/mol. The third-order valence-corrected chi connectivity index (χ3v) is 8.55. The molecule has 38 heavy (non-hydrogen) atoms. The minimum absolute atomic E-state index is 0.0298. The van der Waals surface area contributed by atoms with E-state index in [1.165, 1.54) is 25.0 Å². The van der Waals surface area contributed by atoms with Crippen LogP contribution in [0, 0.1) is 12.8 Å². The number of ether oxygens (including phenoxy) is 1. The molecule has 0 spiro atoms. The molecule has 1 aliphatic carbocycles. The quantitative estimate of drug-likeness (QED) is 0.526. The number of pyridine rings is 2. The lowest BCUT2D eigenvalue weighted by Gasteiger charge is -2.33. The molecule has 4 aliphatic rings. The second kappa shape index (κ2) is 9.55. The average Bonchev–Trinajstić information content (AvgIpc) is 3.67. The normalized spacial score (nSPS) is 24.4. The van der Waals surface area contributed by atoms with Crippen LogP contribution < -0.4 is 10.6 Å². The SMILES string of the molecule is Cc1cccc(C2=C(c3ccnc(-c4ccc(C(=O)NC5CCOCC5)cc4)c3)N3C4CC[C@H](C4)C3N2)n1. The molecule has 7 heteroatoms. The van der Waals surface area contributed by atoms with Crippen molar-refractivity contribution < 1.29 is 9.53 Å². The molecular weight excluding hydrogens is 474 g/mol. The van der Waals surface area contributed by atoms with E-state index in [2.05, 4.69) is 39.8 Å². The third-order valence-electron chi connectivity index (χ3n) is 8.55. The fraction of sp³-hybridized carbons (Fsp3) is 0.387. The number of nitrogens with zero attached hydrogens (tertiary/aromatic N) is 3. The number of piperidine rings is 1. The maximum absolute atomic E-state index is 12.8. The van der Waals surface area contributed by atoms with Crippen molar-refractivity contribution in [2.45, 2.75) is 57.3 Å². The highest BCUT2D eigenvalue weighted by Crippen LogP contribution is 2.50. The zero-order valence-electron chi connectivity index (χ0n) is 21.7. The number of carbonyl (C=O) groups excluding carboxylic acids is 1. The fourth-order valence-corrected chi connectivity index (χ4v) is 6.65. The van der Waals surface area contributed by atoms with Gasteiger partial charge in [-0.3, -0.25) is 14.8 Å². The van der Waals surface area contributed by atoms with Gasteiger partial charge in [-0.2, -0.15) is 0 Å². The van der Waals surface area contributed by atoms with Crippen LogP contribution >= 0.6 is 0 Å². The van der Waals surface area contributed by atoms with Crippen LogP contribution in [0.4, 0.5) is 0 Å². The summed E-state index contributed by atoms with van der Waals surface area (Å²) in [6.07, 6.45) is 7.76. The summed E-state index contributed by atoms with van der Waals surface area (Å²) in [5.41, 5.74) is 8.07. The monoisotopic (exact) mass is 507 g/mol. The van der Waals surface area contributed by atoms with Crippen molar-refractivity contribution in [1.29, 1.82) is 0 Å². The number of aryl methyl sites for hydroxylation is 1. The van der Waals surface area contributed by atoms with Gasteiger partial charge in [-0.25, -0.2) is 0 Å². The van der Waals surface area contributed by atoms with E-state index in [0.29, 0.717) is 36.9 Å². The summed E-state index contributed by atoms with van der Waals surface area (Å²) in [6, 6.07) is 19.1. The lowest BCUT2D eigenvalue weighted by molar-refractivity contribution is 0.0696. The van der Waals surface area contributed by atoms with E-state index >= 15 is 0 Å². The predicted octanol–water partition coefficient (Wildman–Crippen LogP) is 4.60. The molecule has 7 rings (SSSR count). The smallest absolute Gasteiger partial charge is 0.251 e. The first-order valence-corrected chi connectivity index (χ1v) is 13.8. The Hall–Kier alpha value is -3.71. The Kier molecular flexibility index (Phi) is 5.88. The van der Waals surface area contributed by atoms with E-state index in [0.717, 1.165) is 46.7 Å². The minimum atomic E-state index is -0.0298. The van der Waals surface area contributed by atoms with Crippen LogP contribution in [0.5, 0.6) is 0 Å². The van der Waals surface area contributed by atoms with Gasteiger partial charge in [0.25, 0.3) is 5.91 Å². The number of rotatable bonds is 5. The molecule has 7 nitrogen and oxygen atoms in total. The van der Waals surface area contributed by atoms with Gasteiger partial charge in [0.05, 0.1) is 22.8 Å². The Balaban J connectivity index is 1.19. The number of carbonyl (C=O) groups is 1. The van der Waals surface area contributed by atoms with E-state index in [-0.39, 0.29) is 11.9 Å². The van der Waals surface area contributed by atoms with Crippen LogP contribution in [0.3, 0.4) is 0 Å². The molecule has 3 aromatic rings. The van der Waals surface area contributed by atoms with Crippen LogP contribution in [0.25, 0.3) is 22.7 Å². The molecule has 2 aromatic heterocycles. The van der Waals surface area contributed by atoms with Crippen molar-refractivity contribution in [2.24, 2.45) is 5.92 Å². The summed E-state index contributed by atoms with van der Waals surface area (Å²) in [5.74, 6) is 0.649. The maximum Gasteiger partial charge on any atom is 0.251 e. The molecule has 1 amide bonds. The molecule has 2 bridgehead atoms. The summed E-state index contributed by atoms with van der Waals surface area (Å²) in [7, 11) is 0. The molecule has 3 fully saturated rings. The maximum atomic E-state index is 12.8. The number of aromatic nitrogens is 2. The number of benzene rings is 1. The minimum Gasteiger partial charge on any atom is -0.381 e. The topological polar surface area (TPSA) is 79.4 Å². The molecule has 1 saturated carbocycles. The second-order valence-electron chi connectivity index (χ2n) is 11.0. The first-order valence-electron chi connectivity index (χ1n) is 13.8. The van der Waals surface area contributed by atoms with Gasteiger partial charge in [0.15, 0.2) is 0 Å². The molecule has 3 aliphatic heterocycles. The van der Waals surface area contributed by atoms with E-state index in [9.17, 15) is 4.79 Å². The predicted molar refractivity (Wildman–Crippen MR) is 147 cm³/mol. The van der Waals surface area contributed by atoms with E-state index in [1.807, 2.05) is 43.5 Å². The van der Waals surface area contributed by atoms with Gasteiger partial charge < -0.3 is 20.3 Å². The number of hydrogen-bond donors (Lipinski definition) is 2. The zero-order chi connectivity index (χ0) is 25.6. The van der Waals surface area contributed by atoms with Gasteiger partial charge in [0.2, 0.25) is 0 Å². The van der Waals surface area contributed by atoms with Crippen molar-refractivity contribution in [2.75, 3.05) is 13.2 Å². The molecule has 5 heterocycles. The second-order valence-corrected chi connectivity index (χ2v) is 11.0. The van der Waals surface area contributed by atoms with Crippen molar-refractivity contribution in [3.63, 3.8) is 0 Å². The largest absolute Gasteiger partial charge is 0.381 e. The summed E-state index contributed by atoms with van der Waals surface area (Å²) in [6.45, 7) is 3.46. The van der Waals surface area contributed by atoms with Gasteiger partial charge in [-0.05, 0) is 81.3 Å². The van der Waals surface area contributed by atoms with Gasteiger partial charge >= 0.3 is 0 Å². The van der Waals surface area contributed by atoms with Crippen LogP contribution in [0.15, 0.2) is 60.8 Å². The molecule has 3 atom stereocenters. The molecule has 2 N–H and O–H groups in total. The molecule has 1 aromatic carbocycles. The zero-order valence-corrected chi connectivity index (χ0v) is 21.7. The van der Waals surface area contributed by atoms with Crippen LogP contribution in [-0.4, -0.2) is 52.2 Å². The number of fused-ring (bicyclic) bond motifs is 5. The number of amides is 1. The lowest BCUT2D eigenvalue weighted by atomic mass is 10.0. The summed E-state index contributed by atoms with van der Waals surface area (Å²) in [5, 5.41) is 7.00. The third kappa shape index (κ3) is 4.15.